The summed E-state index contributed by atoms with van der Waals surface area (Å²) in [5.41, 5.74) is 1.93. The van der Waals surface area contributed by atoms with Crippen LogP contribution >= 0.6 is 11.3 Å². The molecule has 0 aliphatic carbocycles. The highest BCUT2D eigenvalue weighted by Gasteiger charge is 2.12. The number of fused-ring (bicyclic) bond motifs is 1. The molecule has 2 aromatic heterocycles. The molecule has 0 radical (unpaired) electrons. The van der Waals surface area contributed by atoms with Crippen molar-refractivity contribution < 1.29 is 19.1 Å². The highest BCUT2D eigenvalue weighted by Crippen LogP contribution is 2.14. The standard InChI is InChI=1S/C23H20N4O5S/c1-14-3-9-19(10-4-14)31-13-20(28)24-17-7-5-16(6-8-17)22(30)32-12-18-11-21(29)27-23(25-18)33-15(2)26-27/h3-11H,12-13H2,1-2H3,(H,24,28). The van der Waals surface area contributed by atoms with Crippen molar-refractivity contribution in [3.05, 3.63) is 86.8 Å². The number of carbonyl (C=O) groups excluding carboxylic acids is 2. The third-order valence-electron chi connectivity index (χ3n) is 4.55. The summed E-state index contributed by atoms with van der Waals surface area (Å²) in [5.74, 6) is -0.286. The van der Waals surface area contributed by atoms with Crippen molar-refractivity contribution in [2.75, 3.05) is 11.9 Å². The number of aromatic nitrogens is 3. The maximum absolute atomic E-state index is 12.3. The van der Waals surface area contributed by atoms with Gasteiger partial charge in [-0.15, -0.1) is 0 Å². The van der Waals surface area contributed by atoms with E-state index in [9.17, 15) is 14.4 Å². The van der Waals surface area contributed by atoms with E-state index in [1.165, 1.54) is 34.1 Å². The normalized spacial score (nSPS) is 10.7. The maximum Gasteiger partial charge on any atom is 0.338 e. The Balaban J connectivity index is 1.30. The molecule has 2 heterocycles. The highest BCUT2D eigenvalue weighted by atomic mass is 32.1. The van der Waals surface area contributed by atoms with Crippen LogP contribution < -0.4 is 15.6 Å². The monoisotopic (exact) mass is 464 g/mol. The van der Waals surface area contributed by atoms with Crippen LogP contribution in [-0.2, 0) is 16.1 Å². The lowest BCUT2D eigenvalue weighted by molar-refractivity contribution is -0.118. The highest BCUT2D eigenvalue weighted by molar-refractivity contribution is 7.16. The number of aryl methyl sites for hydroxylation is 2. The molecular weight excluding hydrogens is 444 g/mol. The maximum atomic E-state index is 12.3. The SMILES string of the molecule is Cc1ccc(OCC(=O)Nc2ccc(C(=O)OCc3cc(=O)n4nc(C)sc4n3)cc2)cc1. The first-order valence-corrected chi connectivity index (χ1v) is 10.8. The summed E-state index contributed by atoms with van der Waals surface area (Å²) < 4.78 is 11.9. The van der Waals surface area contributed by atoms with Crippen molar-refractivity contribution in [2.45, 2.75) is 20.5 Å². The number of nitrogens with zero attached hydrogens (tertiary/aromatic N) is 3. The number of nitrogens with one attached hydrogen (secondary N) is 1. The molecule has 9 nitrogen and oxygen atoms in total. The molecule has 0 aliphatic rings. The van der Waals surface area contributed by atoms with E-state index in [-0.39, 0.29) is 24.7 Å². The predicted octanol–water partition coefficient (Wildman–Crippen LogP) is 3.14. The Morgan fingerprint density at radius 2 is 1.79 bits per heavy atom. The third-order valence-corrected chi connectivity index (χ3v) is 5.37. The van der Waals surface area contributed by atoms with Crippen LogP contribution in [0.1, 0.15) is 26.6 Å². The van der Waals surface area contributed by atoms with Gasteiger partial charge >= 0.3 is 5.97 Å². The van der Waals surface area contributed by atoms with E-state index in [1.54, 1.807) is 31.2 Å². The molecule has 10 heteroatoms. The van der Waals surface area contributed by atoms with Gasteiger partial charge in [-0.2, -0.15) is 9.61 Å². The summed E-state index contributed by atoms with van der Waals surface area (Å²) >= 11 is 1.28. The summed E-state index contributed by atoms with van der Waals surface area (Å²) in [7, 11) is 0. The fourth-order valence-corrected chi connectivity index (χ4v) is 3.69. The molecule has 33 heavy (non-hydrogen) atoms. The van der Waals surface area contributed by atoms with Gasteiger partial charge in [-0.1, -0.05) is 29.0 Å². The third kappa shape index (κ3) is 5.60. The number of amides is 1. The smallest absolute Gasteiger partial charge is 0.338 e. The van der Waals surface area contributed by atoms with E-state index < -0.39 is 5.97 Å². The molecule has 0 spiro atoms. The van der Waals surface area contributed by atoms with Gasteiger partial charge < -0.3 is 14.8 Å². The van der Waals surface area contributed by atoms with Crippen LogP contribution in [0.15, 0.2) is 59.4 Å². The molecular formula is C23H20N4O5S. The fourth-order valence-electron chi connectivity index (χ4n) is 2.92. The molecule has 0 saturated carbocycles. The molecule has 0 fully saturated rings. The predicted molar refractivity (Wildman–Crippen MR) is 123 cm³/mol. The summed E-state index contributed by atoms with van der Waals surface area (Å²) in [5, 5.41) is 7.49. The minimum Gasteiger partial charge on any atom is -0.484 e. The zero-order valence-electron chi connectivity index (χ0n) is 17.9. The number of esters is 1. The van der Waals surface area contributed by atoms with Crippen molar-refractivity contribution in [1.29, 1.82) is 0 Å². The molecule has 168 valence electrons. The van der Waals surface area contributed by atoms with Crippen molar-refractivity contribution in [3.8, 4) is 5.75 Å². The van der Waals surface area contributed by atoms with Crippen LogP contribution in [0.5, 0.6) is 5.75 Å². The van der Waals surface area contributed by atoms with Crippen LogP contribution in [0.3, 0.4) is 0 Å². The van der Waals surface area contributed by atoms with E-state index >= 15 is 0 Å². The van der Waals surface area contributed by atoms with Gasteiger partial charge in [0.25, 0.3) is 11.5 Å². The van der Waals surface area contributed by atoms with Crippen LogP contribution in [0, 0.1) is 13.8 Å². The number of carbonyl (C=O) groups is 2. The Morgan fingerprint density at radius 3 is 2.52 bits per heavy atom. The molecule has 0 aliphatic heterocycles. The van der Waals surface area contributed by atoms with Gasteiger partial charge in [0.05, 0.1) is 11.3 Å². The van der Waals surface area contributed by atoms with E-state index in [4.69, 9.17) is 9.47 Å². The van der Waals surface area contributed by atoms with E-state index in [0.29, 0.717) is 32.7 Å². The number of hydrogen-bond acceptors (Lipinski definition) is 8. The Hall–Kier alpha value is -4.05. The summed E-state index contributed by atoms with van der Waals surface area (Å²) in [6.45, 7) is 3.47. The number of hydrogen-bond donors (Lipinski definition) is 1. The van der Waals surface area contributed by atoms with Gasteiger partial charge in [0.15, 0.2) is 6.61 Å². The van der Waals surface area contributed by atoms with Crippen LogP contribution in [0.4, 0.5) is 5.69 Å². The van der Waals surface area contributed by atoms with Gasteiger partial charge in [0.1, 0.15) is 17.4 Å². The lowest BCUT2D eigenvalue weighted by Gasteiger charge is -2.09. The first kappa shape index (κ1) is 22.2. The van der Waals surface area contributed by atoms with Crippen molar-refractivity contribution in [2.24, 2.45) is 0 Å². The lowest BCUT2D eigenvalue weighted by atomic mass is 10.2. The summed E-state index contributed by atoms with van der Waals surface area (Å²) in [6, 6.07) is 15.0. The fraction of sp³-hybridized carbons (Fsp3) is 0.174. The molecule has 0 unspecified atom stereocenters. The van der Waals surface area contributed by atoms with E-state index in [0.717, 1.165) is 5.56 Å². The van der Waals surface area contributed by atoms with Gasteiger partial charge in [-0.25, -0.2) is 9.78 Å². The Bertz CT molecular complexity index is 1360. The average molecular weight is 465 g/mol. The van der Waals surface area contributed by atoms with Crippen molar-refractivity contribution in [1.82, 2.24) is 14.6 Å². The van der Waals surface area contributed by atoms with Gasteiger partial charge in [-0.05, 0) is 50.2 Å². The second kappa shape index (κ2) is 9.61. The molecule has 0 saturated heterocycles. The number of rotatable bonds is 7. The van der Waals surface area contributed by atoms with Gasteiger partial charge in [0.2, 0.25) is 4.96 Å². The largest absolute Gasteiger partial charge is 0.484 e. The second-order valence-corrected chi connectivity index (χ2v) is 8.36. The van der Waals surface area contributed by atoms with Crippen LogP contribution in [0.2, 0.25) is 0 Å². The van der Waals surface area contributed by atoms with E-state index in [1.807, 2.05) is 19.1 Å². The Kier molecular flexibility index (Phi) is 6.45. The average Bonchev–Trinajstić information content (AvgIpc) is 3.18. The zero-order valence-corrected chi connectivity index (χ0v) is 18.7. The first-order valence-electron chi connectivity index (χ1n) is 10.0. The summed E-state index contributed by atoms with van der Waals surface area (Å²) in [4.78, 5) is 41.2. The van der Waals surface area contributed by atoms with E-state index in [2.05, 4.69) is 15.4 Å². The first-order chi connectivity index (χ1) is 15.9. The second-order valence-electron chi connectivity index (χ2n) is 7.20. The molecule has 0 bridgehead atoms. The molecule has 4 rings (SSSR count). The number of ether oxygens (including phenoxy) is 2. The molecule has 2 aromatic carbocycles. The minimum atomic E-state index is -0.571. The lowest BCUT2D eigenvalue weighted by Crippen LogP contribution is -2.20. The zero-order chi connectivity index (χ0) is 23.4. The van der Waals surface area contributed by atoms with Crippen LogP contribution in [0.25, 0.3) is 4.96 Å². The summed E-state index contributed by atoms with van der Waals surface area (Å²) in [6.07, 6.45) is 0. The molecule has 0 atom stereocenters. The Morgan fingerprint density at radius 1 is 1.06 bits per heavy atom. The number of anilines is 1. The van der Waals surface area contributed by atoms with Crippen LogP contribution in [-0.4, -0.2) is 33.1 Å². The van der Waals surface area contributed by atoms with Crippen molar-refractivity contribution >= 4 is 33.9 Å². The van der Waals surface area contributed by atoms with Crippen molar-refractivity contribution in [3.63, 3.8) is 0 Å². The number of benzene rings is 2. The van der Waals surface area contributed by atoms with Gasteiger partial charge in [0, 0.05) is 11.8 Å². The minimum absolute atomic E-state index is 0.135. The molecule has 1 amide bonds. The molecule has 4 aromatic rings. The topological polar surface area (TPSA) is 112 Å². The molecule has 1 N–H and O–H groups in total. The van der Waals surface area contributed by atoms with Gasteiger partial charge in [-0.3, -0.25) is 9.59 Å². The Labute approximate surface area is 192 Å². The quantitative estimate of drug-likeness (QED) is 0.418.